The third-order valence-corrected chi connectivity index (χ3v) is 6.37. The van der Waals surface area contributed by atoms with E-state index in [4.69, 9.17) is 4.74 Å². The topological polar surface area (TPSA) is 70.7 Å². The van der Waals surface area contributed by atoms with E-state index < -0.39 is 5.92 Å². The number of amides is 2. The summed E-state index contributed by atoms with van der Waals surface area (Å²) in [6, 6.07) is 7.61. The number of hydrogen-bond acceptors (Lipinski definition) is 4. The summed E-state index contributed by atoms with van der Waals surface area (Å²) < 4.78 is 5.53. The highest BCUT2D eigenvalue weighted by Gasteiger charge is 2.40. The van der Waals surface area contributed by atoms with Gasteiger partial charge in [0.05, 0.1) is 19.1 Å². The monoisotopic (exact) mass is 371 g/mol. The highest BCUT2D eigenvalue weighted by Crippen LogP contribution is 2.35. The first kappa shape index (κ1) is 18.4. The number of nitrogens with zero attached hydrogens (tertiary/aromatic N) is 1. The SMILES string of the molecule is O=C1CC(C(=O)NCC2(N3CCOCC3)CCCCC2)c2ccccc2N1. The molecular weight excluding hydrogens is 342 g/mol. The summed E-state index contributed by atoms with van der Waals surface area (Å²) in [5.41, 5.74) is 1.71. The highest BCUT2D eigenvalue weighted by molar-refractivity contribution is 6.01. The number of carbonyl (C=O) groups excluding carboxylic acids is 2. The minimum Gasteiger partial charge on any atom is -0.379 e. The Bertz CT molecular complexity index is 694. The van der Waals surface area contributed by atoms with Crippen LogP contribution in [0.2, 0.25) is 0 Å². The Morgan fingerprint density at radius 2 is 1.93 bits per heavy atom. The van der Waals surface area contributed by atoms with E-state index in [1.807, 2.05) is 24.3 Å². The second kappa shape index (κ2) is 7.98. The molecule has 3 aliphatic rings. The van der Waals surface area contributed by atoms with Gasteiger partial charge >= 0.3 is 0 Å². The average Bonchev–Trinajstić information content (AvgIpc) is 2.72. The van der Waals surface area contributed by atoms with Gasteiger partial charge in [-0.2, -0.15) is 0 Å². The van der Waals surface area contributed by atoms with Crippen molar-refractivity contribution < 1.29 is 14.3 Å². The maximum atomic E-state index is 13.0. The van der Waals surface area contributed by atoms with E-state index >= 15 is 0 Å². The fraction of sp³-hybridized carbons (Fsp3) is 0.619. The number of hydrogen-bond donors (Lipinski definition) is 2. The maximum Gasteiger partial charge on any atom is 0.228 e. The molecule has 1 aliphatic carbocycles. The standard InChI is InChI=1S/C21H29N3O3/c25-19-14-17(16-6-2-3-7-18(16)23-19)20(26)22-15-21(8-4-1-5-9-21)24-10-12-27-13-11-24/h2-3,6-7,17H,1,4-5,8-15H2,(H,22,26)(H,23,25). The van der Waals surface area contributed by atoms with Crippen molar-refractivity contribution in [3.8, 4) is 0 Å². The zero-order valence-electron chi connectivity index (χ0n) is 15.8. The largest absolute Gasteiger partial charge is 0.379 e. The third-order valence-electron chi connectivity index (χ3n) is 6.37. The van der Waals surface area contributed by atoms with Gasteiger partial charge in [0.2, 0.25) is 11.8 Å². The molecule has 0 spiro atoms. The Morgan fingerprint density at radius 3 is 2.70 bits per heavy atom. The van der Waals surface area contributed by atoms with Crippen molar-refractivity contribution in [3.63, 3.8) is 0 Å². The van der Waals surface area contributed by atoms with Crippen molar-refractivity contribution in [2.75, 3.05) is 38.2 Å². The number of nitrogens with one attached hydrogen (secondary N) is 2. The summed E-state index contributed by atoms with van der Waals surface area (Å²) in [5, 5.41) is 6.09. The molecule has 146 valence electrons. The minimum absolute atomic E-state index is 0.0319. The van der Waals surface area contributed by atoms with E-state index in [1.54, 1.807) is 0 Å². The summed E-state index contributed by atoms with van der Waals surface area (Å²) >= 11 is 0. The second-order valence-corrected chi connectivity index (χ2v) is 7.99. The van der Waals surface area contributed by atoms with Gasteiger partial charge in [-0.15, -0.1) is 0 Å². The van der Waals surface area contributed by atoms with Crippen LogP contribution >= 0.6 is 0 Å². The van der Waals surface area contributed by atoms with Crippen molar-refractivity contribution in [2.24, 2.45) is 0 Å². The highest BCUT2D eigenvalue weighted by atomic mass is 16.5. The molecule has 2 amide bonds. The summed E-state index contributed by atoms with van der Waals surface area (Å²) in [5.74, 6) is -0.523. The third kappa shape index (κ3) is 3.87. The quantitative estimate of drug-likeness (QED) is 0.852. The van der Waals surface area contributed by atoms with Gasteiger partial charge in [-0.1, -0.05) is 37.5 Å². The van der Waals surface area contributed by atoms with Crippen LogP contribution in [0, 0.1) is 0 Å². The van der Waals surface area contributed by atoms with E-state index in [-0.39, 0.29) is 23.8 Å². The molecular formula is C21H29N3O3. The van der Waals surface area contributed by atoms with Crippen LogP contribution < -0.4 is 10.6 Å². The molecule has 4 rings (SSSR count). The molecule has 2 heterocycles. The fourth-order valence-corrected chi connectivity index (χ4v) is 4.87. The molecule has 1 saturated heterocycles. The van der Waals surface area contributed by atoms with Crippen molar-refractivity contribution in [3.05, 3.63) is 29.8 Å². The van der Waals surface area contributed by atoms with Crippen LogP contribution in [-0.4, -0.2) is 55.1 Å². The first-order valence-corrected chi connectivity index (χ1v) is 10.2. The zero-order chi connectivity index (χ0) is 18.7. The lowest BCUT2D eigenvalue weighted by Crippen LogP contribution is -2.60. The Hall–Kier alpha value is -1.92. The molecule has 6 heteroatoms. The van der Waals surface area contributed by atoms with Crippen LogP contribution in [0.1, 0.15) is 50.0 Å². The van der Waals surface area contributed by atoms with Gasteiger partial charge in [-0.05, 0) is 24.5 Å². The molecule has 1 aromatic carbocycles. The van der Waals surface area contributed by atoms with Gasteiger partial charge in [0.1, 0.15) is 0 Å². The van der Waals surface area contributed by atoms with Gasteiger partial charge in [0.15, 0.2) is 0 Å². The summed E-state index contributed by atoms with van der Waals surface area (Å²) in [4.78, 5) is 27.6. The van der Waals surface area contributed by atoms with Crippen molar-refractivity contribution in [2.45, 2.75) is 50.0 Å². The zero-order valence-corrected chi connectivity index (χ0v) is 15.8. The summed E-state index contributed by atoms with van der Waals surface area (Å²) in [6.45, 7) is 4.07. The van der Waals surface area contributed by atoms with E-state index in [1.165, 1.54) is 19.3 Å². The number of benzene rings is 1. The summed E-state index contributed by atoms with van der Waals surface area (Å²) in [7, 11) is 0. The molecule has 1 atom stereocenters. The van der Waals surface area contributed by atoms with Gasteiger partial charge in [-0.3, -0.25) is 14.5 Å². The Morgan fingerprint density at radius 1 is 1.19 bits per heavy atom. The number of ether oxygens (including phenoxy) is 1. The molecule has 2 aliphatic heterocycles. The molecule has 1 saturated carbocycles. The normalized spacial score (nSPS) is 25.3. The number of carbonyl (C=O) groups is 2. The molecule has 2 fully saturated rings. The molecule has 6 nitrogen and oxygen atoms in total. The van der Waals surface area contributed by atoms with E-state index in [2.05, 4.69) is 15.5 Å². The number of fused-ring (bicyclic) bond motifs is 1. The Balaban J connectivity index is 1.48. The predicted molar refractivity (Wildman–Crippen MR) is 104 cm³/mol. The molecule has 2 N–H and O–H groups in total. The van der Waals surface area contributed by atoms with Gasteiger partial charge < -0.3 is 15.4 Å². The molecule has 0 bridgehead atoms. The minimum atomic E-state index is -0.403. The first-order valence-electron chi connectivity index (χ1n) is 10.2. The number of morpholine rings is 1. The number of rotatable bonds is 4. The number of para-hydroxylation sites is 1. The maximum absolute atomic E-state index is 13.0. The Labute approximate surface area is 160 Å². The van der Waals surface area contributed by atoms with Gasteiger partial charge in [-0.25, -0.2) is 0 Å². The fourth-order valence-electron chi connectivity index (χ4n) is 4.87. The predicted octanol–water partition coefficient (Wildman–Crippen LogP) is 2.26. The molecule has 0 aromatic heterocycles. The molecule has 1 aromatic rings. The summed E-state index contributed by atoms with van der Waals surface area (Å²) in [6.07, 6.45) is 6.15. The van der Waals surface area contributed by atoms with Crippen LogP contribution in [0.5, 0.6) is 0 Å². The van der Waals surface area contributed by atoms with Gasteiger partial charge in [0, 0.05) is 37.3 Å². The number of anilines is 1. The lowest BCUT2D eigenvalue weighted by Gasteiger charge is -2.48. The lowest BCUT2D eigenvalue weighted by atomic mass is 9.79. The van der Waals surface area contributed by atoms with Crippen molar-refractivity contribution in [1.29, 1.82) is 0 Å². The van der Waals surface area contributed by atoms with Crippen LogP contribution in [-0.2, 0) is 14.3 Å². The average molecular weight is 371 g/mol. The second-order valence-electron chi connectivity index (χ2n) is 7.99. The van der Waals surface area contributed by atoms with Crippen LogP contribution in [0.15, 0.2) is 24.3 Å². The smallest absolute Gasteiger partial charge is 0.228 e. The van der Waals surface area contributed by atoms with Crippen molar-refractivity contribution >= 4 is 17.5 Å². The van der Waals surface area contributed by atoms with E-state index in [0.717, 1.165) is 50.4 Å². The van der Waals surface area contributed by atoms with Gasteiger partial charge in [0.25, 0.3) is 0 Å². The molecule has 0 radical (unpaired) electrons. The van der Waals surface area contributed by atoms with Crippen LogP contribution in [0.4, 0.5) is 5.69 Å². The van der Waals surface area contributed by atoms with E-state index in [9.17, 15) is 9.59 Å². The molecule has 1 unspecified atom stereocenters. The van der Waals surface area contributed by atoms with Crippen LogP contribution in [0.25, 0.3) is 0 Å². The first-order chi connectivity index (χ1) is 13.2. The lowest BCUT2D eigenvalue weighted by molar-refractivity contribution is -0.127. The van der Waals surface area contributed by atoms with Crippen molar-refractivity contribution in [1.82, 2.24) is 10.2 Å². The molecule has 27 heavy (non-hydrogen) atoms. The Kier molecular flexibility index (Phi) is 5.45. The van der Waals surface area contributed by atoms with E-state index in [0.29, 0.717) is 6.54 Å². The van der Waals surface area contributed by atoms with Crippen LogP contribution in [0.3, 0.4) is 0 Å².